The van der Waals surface area contributed by atoms with Crippen molar-refractivity contribution in [1.82, 2.24) is 10.3 Å². The number of hydrogen-bond acceptors (Lipinski definition) is 4. The maximum absolute atomic E-state index is 12.2. The first-order chi connectivity index (χ1) is 10.6. The van der Waals surface area contributed by atoms with Gasteiger partial charge >= 0.3 is 0 Å². The second-order valence-corrected chi connectivity index (χ2v) is 5.00. The Bertz CT molecular complexity index is 632. The number of aliphatic hydroxyl groups is 1. The van der Waals surface area contributed by atoms with Crippen LogP contribution < -0.4 is 10.1 Å². The van der Waals surface area contributed by atoms with Crippen molar-refractivity contribution < 1.29 is 14.6 Å². The zero-order chi connectivity index (χ0) is 15.9. The van der Waals surface area contributed by atoms with Crippen LogP contribution in [0.1, 0.15) is 28.9 Å². The molecule has 1 atom stereocenters. The third-order valence-corrected chi connectivity index (χ3v) is 3.26. The van der Waals surface area contributed by atoms with Gasteiger partial charge in [-0.05, 0) is 36.8 Å². The van der Waals surface area contributed by atoms with Crippen molar-refractivity contribution in [2.45, 2.75) is 13.0 Å². The average molecular weight is 321 g/mol. The second kappa shape index (κ2) is 7.77. The topological polar surface area (TPSA) is 71.5 Å². The molecule has 1 amide bonds. The Morgan fingerprint density at radius 2 is 2.09 bits per heavy atom. The van der Waals surface area contributed by atoms with Crippen LogP contribution in [0.2, 0.25) is 5.02 Å². The summed E-state index contributed by atoms with van der Waals surface area (Å²) in [5, 5.41) is 13.3. The molecular formula is C16H17ClN2O3. The molecule has 1 aromatic carbocycles. The SMILES string of the molecule is CCOc1ncccc1C(=O)NCC(O)c1ccc(Cl)cc1. The standard InChI is InChI=1S/C16H17ClN2O3/c1-2-22-16-13(4-3-9-18-16)15(21)19-10-14(20)11-5-7-12(17)8-6-11/h3-9,14,20H,2,10H2,1H3,(H,19,21). The minimum atomic E-state index is -0.812. The van der Waals surface area contributed by atoms with Crippen molar-refractivity contribution in [2.24, 2.45) is 0 Å². The summed E-state index contributed by atoms with van der Waals surface area (Å²) >= 11 is 5.80. The van der Waals surface area contributed by atoms with Crippen LogP contribution in [-0.4, -0.2) is 29.1 Å². The summed E-state index contributed by atoms with van der Waals surface area (Å²) in [7, 11) is 0. The summed E-state index contributed by atoms with van der Waals surface area (Å²) in [5.41, 5.74) is 1.02. The van der Waals surface area contributed by atoms with Gasteiger partial charge in [-0.2, -0.15) is 0 Å². The van der Waals surface area contributed by atoms with Gasteiger partial charge in [0.25, 0.3) is 5.91 Å². The van der Waals surface area contributed by atoms with Gasteiger partial charge < -0.3 is 15.2 Å². The zero-order valence-corrected chi connectivity index (χ0v) is 12.9. The number of nitrogens with one attached hydrogen (secondary N) is 1. The van der Waals surface area contributed by atoms with Crippen LogP contribution in [0.25, 0.3) is 0 Å². The highest BCUT2D eigenvalue weighted by Gasteiger charge is 2.15. The number of amides is 1. The van der Waals surface area contributed by atoms with Crippen LogP contribution in [0, 0.1) is 0 Å². The number of aliphatic hydroxyl groups excluding tert-OH is 1. The van der Waals surface area contributed by atoms with Crippen molar-refractivity contribution in [1.29, 1.82) is 0 Å². The van der Waals surface area contributed by atoms with E-state index in [4.69, 9.17) is 16.3 Å². The molecular weight excluding hydrogens is 304 g/mol. The molecule has 1 heterocycles. The molecule has 5 nitrogen and oxygen atoms in total. The number of carbonyl (C=O) groups excluding carboxylic acids is 1. The molecule has 0 aliphatic carbocycles. The Hall–Kier alpha value is -2.11. The van der Waals surface area contributed by atoms with Gasteiger partial charge in [0, 0.05) is 17.8 Å². The van der Waals surface area contributed by atoms with E-state index in [1.807, 2.05) is 6.92 Å². The molecule has 0 radical (unpaired) electrons. The first-order valence-corrected chi connectivity index (χ1v) is 7.29. The molecule has 0 fully saturated rings. The van der Waals surface area contributed by atoms with Gasteiger partial charge in [0.15, 0.2) is 0 Å². The van der Waals surface area contributed by atoms with E-state index < -0.39 is 6.10 Å². The van der Waals surface area contributed by atoms with Crippen molar-refractivity contribution in [3.8, 4) is 5.88 Å². The van der Waals surface area contributed by atoms with E-state index in [2.05, 4.69) is 10.3 Å². The summed E-state index contributed by atoms with van der Waals surface area (Å²) in [6.45, 7) is 2.33. The number of hydrogen-bond donors (Lipinski definition) is 2. The minimum absolute atomic E-state index is 0.0843. The fourth-order valence-electron chi connectivity index (χ4n) is 1.90. The first-order valence-electron chi connectivity index (χ1n) is 6.91. The van der Waals surface area contributed by atoms with Gasteiger partial charge in [0.05, 0.1) is 12.7 Å². The summed E-state index contributed by atoms with van der Waals surface area (Å²) in [6.07, 6.45) is 0.748. The fourth-order valence-corrected chi connectivity index (χ4v) is 2.03. The molecule has 1 aromatic heterocycles. The Kier molecular flexibility index (Phi) is 5.75. The van der Waals surface area contributed by atoms with Crippen LogP contribution in [0.4, 0.5) is 0 Å². The Morgan fingerprint density at radius 1 is 1.36 bits per heavy atom. The lowest BCUT2D eigenvalue weighted by Crippen LogP contribution is -2.29. The van der Waals surface area contributed by atoms with Crippen molar-refractivity contribution in [3.05, 3.63) is 58.7 Å². The molecule has 2 aromatic rings. The number of halogens is 1. The molecule has 0 saturated carbocycles. The van der Waals surface area contributed by atoms with Crippen LogP contribution in [0.15, 0.2) is 42.6 Å². The van der Waals surface area contributed by atoms with E-state index in [9.17, 15) is 9.90 Å². The quantitative estimate of drug-likeness (QED) is 0.858. The molecule has 0 bridgehead atoms. The number of benzene rings is 1. The summed E-state index contributed by atoms with van der Waals surface area (Å²) < 4.78 is 5.31. The predicted molar refractivity (Wildman–Crippen MR) is 84.2 cm³/mol. The molecule has 2 N–H and O–H groups in total. The Balaban J connectivity index is 1.99. The van der Waals surface area contributed by atoms with Crippen LogP contribution in [-0.2, 0) is 0 Å². The largest absolute Gasteiger partial charge is 0.477 e. The fraction of sp³-hybridized carbons (Fsp3) is 0.250. The van der Waals surface area contributed by atoms with Crippen molar-refractivity contribution >= 4 is 17.5 Å². The smallest absolute Gasteiger partial charge is 0.256 e. The Labute approximate surface area is 133 Å². The molecule has 0 aliphatic heterocycles. The molecule has 0 spiro atoms. The summed E-state index contributed by atoms with van der Waals surface area (Å²) in [5.74, 6) is -0.0620. The number of carbonyl (C=O) groups is 1. The third kappa shape index (κ3) is 4.19. The number of aromatic nitrogens is 1. The highest BCUT2D eigenvalue weighted by Crippen LogP contribution is 2.17. The maximum atomic E-state index is 12.2. The van der Waals surface area contributed by atoms with E-state index >= 15 is 0 Å². The zero-order valence-electron chi connectivity index (χ0n) is 12.1. The first kappa shape index (κ1) is 16.3. The molecule has 22 heavy (non-hydrogen) atoms. The Morgan fingerprint density at radius 3 is 2.77 bits per heavy atom. The molecule has 2 rings (SSSR count). The van der Waals surface area contributed by atoms with E-state index in [1.165, 1.54) is 0 Å². The predicted octanol–water partition coefficient (Wildman–Crippen LogP) is 2.60. The third-order valence-electron chi connectivity index (χ3n) is 3.01. The van der Waals surface area contributed by atoms with Gasteiger partial charge in [-0.25, -0.2) is 4.98 Å². The number of pyridine rings is 1. The highest BCUT2D eigenvalue weighted by atomic mass is 35.5. The lowest BCUT2D eigenvalue weighted by Gasteiger charge is -2.13. The molecule has 116 valence electrons. The lowest BCUT2D eigenvalue weighted by atomic mass is 10.1. The van der Waals surface area contributed by atoms with Crippen molar-refractivity contribution in [3.63, 3.8) is 0 Å². The number of ether oxygens (including phenoxy) is 1. The van der Waals surface area contributed by atoms with E-state index in [-0.39, 0.29) is 18.3 Å². The van der Waals surface area contributed by atoms with Gasteiger partial charge in [-0.3, -0.25) is 4.79 Å². The minimum Gasteiger partial charge on any atom is -0.477 e. The van der Waals surface area contributed by atoms with Gasteiger partial charge in [-0.15, -0.1) is 0 Å². The van der Waals surface area contributed by atoms with Gasteiger partial charge in [-0.1, -0.05) is 23.7 Å². The van der Waals surface area contributed by atoms with Crippen molar-refractivity contribution in [2.75, 3.05) is 13.2 Å². The lowest BCUT2D eigenvalue weighted by molar-refractivity contribution is 0.0911. The van der Waals surface area contributed by atoms with E-state index in [0.717, 1.165) is 0 Å². The molecule has 0 saturated heterocycles. The van der Waals surface area contributed by atoms with Gasteiger partial charge in [0.1, 0.15) is 5.56 Å². The molecule has 0 aliphatic rings. The van der Waals surface area contributed by atoms with E-state index in [1.54, 1.807) is 42.6 Å². The monoisotopic (exact) mass is 320 g/mol. The molecule has 1 unspecified atom stereocenters. The normalized spacial score (nSPS) is 11.8. The highest BCUT2D eigenvalue weighted by molar-refractivity contribution is 6.30. The van der Waals surface area contributed by atoms with Crippen LogP contribution in [0.5, 0.6) is 5.88 Å². The molecule has 6 heteroatoms. The summed E-state index contributed by atoms with van der Waals surface area (Å²) in [4.78, 5) is 16.2. The maximum Gasteiger partial charge on any atom is 0.256 e. The average Bonchev–Trinajstić information content (AvgIpc) is 2.54. The second-order valence-electron chi connectivity index (χ2n) is 4.57. The summed E-state index contributed by atoms with van der Waals surface area (Å²) in [6, 6.07) is 10.1. The van der Waals surface area contributed by atoms with Crippen LogP contribution in [0.3, 0.4) is 0 Å². The number of nitrogens with zero attached hydrogens (tertiary/aromatic N) is 1. The van der Waals surface area contributed by atoms with Crippen LogP contribution >= 0.6 is 11.6 Å². The van der Waals surface area contributed by atoms with E-state index in [0.29, 0.717) is 22.8 Å². The number of rotatable bonds is 6. The van der Waals surface area contributed by atoms with Gasteiger partial charge in [0.2, 0.25) is 5.88 Å².